The van der Waals surface area contributed by atoms with E-state index in [1.165, 1.54) is 46.8 Å². The molecule has 0 saturated carbocycles. The average molecular weight is 768 g/mol. The number of benzene rings is 2. The second kappa shape index (κ2) is 20.8. The van der Waals surface area contributed by atoms with Crippen LogP contribution >= 0.6 is 0 Å². The number of carbonyl (C=O) groups is 5. The molecule has 0 fully saturated rings. The van der Waals surface area contributed by atoms with E-state index in [0.29, 0.717) is 5.75 Å². The summed E-state index contributed by atoms with van der Waals surface area (Å²) in [7, 11) is 0. The number of nitrogens with zero attached hydrogens (tertiary/aromatic N) is 2. The summed E-state index contributed by atoms with van der Waals surface area (Å²) in [6.07, 6.45) is 4.26. The zero-order chi connectivity index (χ0) is 39.2. The van der Waals surface area contributed by atoms with E-state index in [0.717, 1.165) is 25.7 Å². The molecule has 55 heavy (non-hydrogen) atoms. The molecule has 13 nitrogen and oxygen atoms in total. The van der Waals surface area contributed by atoms with Gasteiger partial charge in [-0.2, -0.15) is 8.78 Å². The molecule has 2 heterocycles. The number of carboxylic acid groups (broad SMARTS) is 2. The Labute approximate surface area is 317 Å². The van der Waals surface area contributed by atoms with Gasteiger partial charge in [-0.15, -0.1) is 0 Å². The number of hydrogen-bond donors (Lipinski definition) is 2. The van der Waals surface area contributed by atoms with Gasteiger partial charge in [-0.05, 0) is 42.2 Å². The van der Waals surface area contributed by atoms with Crippen LogP contribution in [0.4, 0.5) is 8.78 Å². The summed E-state index contributed by atoms with van der Waals surface area (Å²) in [5.41, 5.74) is 4.17. The van der Waals surface area contributed by atoms with Crippen LogP contribution in [0.3, 0.4) is 0 Å². The number of aromatic carboxylic acids is 1. The van der Waals surface area contributed by atoms with E-state index in [2.05, 4.69) is 26.8 Å². The van der Waals surface area contributed by atoms with Gasteiger partial charge in [0.1, 0.15) is 42.1 Å². The molecule has 0 unspecified atom stereocenters. The van der Waals surface area contributed by atoms with Crippen molar-refractivity contribution in [3.05, 3.63) is 118 Å². The summed E-state index contributed by atoms with van der Waals surface area (Å²) in [5, 5.41) is 16.9. The van der Waals surface area contributed by atoms with E-state index in [9.17, 15) is 32.8 Å². The van der Waals surface area contributed by atoms with Crippen molar-refractivity contribution in [1.82, 2.24) is 9.97 Å². The minimum absolute atomic E-state index is 0. The first-order valence-corrected chi connectivity index (χ1v) is 16.9. The summed E-state index contributed by atoms with van der Waals surface area (Å²) < 4.78 is 47.7. The largest absolute Gasteiger partial charge is 0.488 e. The fourth-order valence-electron chi connectivity index (χ4n) is 5.69. The van der Waals surface area contributed by atoms with Gasteiger partial charge in [0.15, 0.2) is 5.78 Å². The first kappa shape index (κ1) is 43.2. The number of hydrogen-bond acceptors (Lipinski definition) is 11. The Bertz CT molecular complexity index is 1950. The molecule has 0 amide bonds. The standard InChI is InChI=1S/C19H18FNO4.C15H12FNO3.C5H8O4.CH4.H2/c1-2-24-18(23)10-17(22)16-9-15(11-21-19(16)20)25-14-7-12-5-3-4-6-13(12)8-14;16-14-13(15(18)19)7-12(8-17-14)20-11-5-9-3-1-2-4-10(9)6-11;1-2-9-5(8)3-4(6)7;;/h3-6,9,11,14H,2,7-8,10H2,1H3;1-4,7-8,11H,5-6H2,(H,18,19);2-3H2,1H3,(H,6,7);1H4;1H/i;;;;1+1. The molecule has 0 aliphatic heterocycles. The van der Waals surface area contributed by atoms with E-state index in [1.807, 2.05) is 36.4 Å². The number of ketones is 1. The van der Waals surface area contributed by atoms with Gasteiger partial charge in [0.2, 0.25) is 11.9 Å². The van der Waals surface area contributed by atoms with Gasteiger partial charge in [-0.25, -0.2) is 14.8 Å². The summed E-state index contributed by atoms with van der Waals surface area (Å²) in [6, 6.07) is 18.6. The molecule has 2 aliphatic carbocycles. The summed E-state index contributed by atoms with van der Waals surface area (Å²) in [5.74, 6) is -5.90. The lowest BCUT2D eigenvalue weighted by molar-refractivity contribution is -0.151. The molecule has 2 N–H and O–H groups in total. The Morgan fingerprint density at radius 3 is 1.44 bits per heavy atom. The number of pyridine rings is 2. The highest BCUT2D eigenvalue weighted by molar-refractivity contribution is 6.06. The maximum Gasteiger partial charge on any atom is 0.340 e. The number of fused-ring (bicyclic) bond motifs is 2. The van der Waals surface area contributed by atoms with Crippen LogP contribution in [0.15, 0.2) is 73.1 Å². The molecule has 2 aromatic carbocycles. The Kier molecular flexibility index (Phi) is 16.4. The fraction of sp³-hybridized carbons (Fsp3) is 0.325. The van der Waals surface area contributed by atoms with Crippen LogP contribution in [0.1, 0.15) is 78.5 Å². The van der Waals surface area contributed by atoms with Crippen molar-refractivity contribution in [2.24, 2.45) is 0 Å². The van der Waals surface area contributed by atoms with Crippen molar-refractivity contribution in [2.75, 3.05) is 13.2 Å². The van der Waals surface area contributed by atoms with Crippen molar-refractivity contribution in [3.63, 3.8) is 0 Å². The molecule has 2 aliphatic rings. The number of aromatic nitrogens is 2. The van der Waals surface area contributed by atoms with E-state index < -0.39 is 60.0 Å². The third-order valence-electron chi connectivity index (χ3n) is 8.00. The zero-order valence-electron chi connectivity index (χ0n) is 29.5. The van der Waals surface area contributed by atoms with Crippen molar-refractivity contribution < 1.29 is 63.3 Å². The third kappa shape index (κ3) is 13.0. The molecule has 0 bridgehead atoms. The third-order valence-corrected chi connectivity index (χ3v) is 8.00. The number of esters is 2. The summed E-state index contributed by atoms with van der Waals surface area (Å²) in [6.45, 7) is 3.66. The number of halogens is 2. The molecule has 0 spiro atoms. The second-order valence-corrected chi connectivity index (χ2v) is 11.9. The Morgan fingerprint density at radius 2 is 1.05 bits per heavy atom. The Morgan fingerprint density at radius 1 is 0.673 bits per heavy atom. The first-order chi connectivity index (χ1) is 25.9. The SMILES string of the molecule is C.CCOC(=O)CC(=O)O.CCOC(=O)CC(=O)c1cc(OC2Cc3ccccc3C2)cnc1F.O=C(O)c1cc(OC2Cc3ccccc3C2)cnc1F.[2HH]. The van der Waals surface area contributed by atoms with Gasteiger partial charge in [-0.1, -0.05) is 56.0 Å². The number of carboxylic acids is 2. The highest BCUT2D eigenvalue weighted by Crippen LogP contribution is 2.28. The lowest BCUT2D eigenvalue weighted by Gasteiger charge is -2.13. The number of carbonyl (C=O) groups excluding carboxylic acids is 3. The smallest absolute Gasteiger partial charge is 0.340 e. The van der Waals surface area contributed by atoms with Gasteiger partial charge < -0.3 is 29.2 Å². The Balaban J connectivity index is 0.000000314. The number of ether oxygens (including phenoxy) is 4. The van der Waals surface area contributed by atoms with Crippen LogP contribution in [0, 0.1) is 11.9 Å². The van der Waals surface area contributed by atoms with Gasteiger partial charge in [0.05, 0.1) is 31.2 Å². The molecular formula is C40H44F2N2O11. The van der Waals surface area contributed by atoms with Crippen LogP contribution in [0.25, 0.3) is 0 Å². The van der Waals surface area contributed by atoms with E-state index in [-0.39, 0.29) is 45.6 Å². The van der Waals surface area contributed by atoms with Crippen molar-refractivity contribution in [3.8, 4) is 11.5 Å². The lowest BCUT2D eigenvalue weighted by atomic mass is 10.1. The predicted octanol–water partition coefficient (Wildman–Crippen LogP) is 6.27. The van der Waals surface area contributed by atoms with Gasteiger partial charge >= 0.3 is 23.9 Å². The van der Waals surface area contributed by atoms with E-state index in [1.54, 1.807) is 13.8 Å². The predicted molar refractivity (Wildman–Crippen MR) is 195 cm³/mol. The summed E-state index contributed by atoms with van der Waals surface area (Å²) >= 11 is 0. The molecular weight excluding hydrogens is 722 g/mol. The number of rotatable bonds is 12. The normalized spacial score (nSPS) is 12.6. The highest BCUT2D eigenvalue weighted by Gasteiger charge is 2.25. The highest BCUT2D eigenvalue weighted by atomic mass is 19.1. The van der Waals surface area contributed by atoms with E-state index in [4.69, 9.17) is 24.4 Å². The minimum atomic E-state index is -1.35. The molecule has 0 saturated heterocycles. The van der Waals surface area contributed by atoms with Gasteiger partial charge in [-0.3, -0.25) is 19.2 Å². The van der Waals surface area contributed by atoms with Crippen LogP contribution in [-0.4, -0.2) is 75.3 Å². The number of Topliss-reactive ketones (excluding diaryl/α,β-unsaturated/α-hetero) is 1. The van der Waals surface area contributed by atoms with E-state index >= 15 is 0 Å². The molecule has 2 aromatic heterocycles. The number of aliphatic carboxylic acids is 1. The van der Waals surface area contributed by atoms with Gasteiger partial charge in [0, 0.05) is 33.2 Å². The molecule has 294 valence electrons. The maximum atomic E-state index is 13.8. The van der Waals surface area contributed by atoms with Crippen molar-refractivity contribution in [2.45, 2.75) is 72.0 Å². The lowest BCUT2D eigenvalue weighted by Crippen LogP contribution is -2.18. The first-order valence-electron chi connectivity index (χ1n) is 16.9. The molecule has 15 heteroatoms. The molecule has 0 atom stereocenters. The minimum Gasteiger partial charge on any atom is -0.488 e. The summed E-state index contributed by atoms with van der Waals surface area (Å²) in [4.78, 5) is 61.4. The van der Waals surface area contributed by atoms with Crippen LogP contribution < -0.4 is 9.47 Å². The average Bonchev–Trinajstić information content (AvgIpc) is 3.73. The fourth-order valence-corrected chi connectivity index (χ4v) is 5.69. The van der Waals surface area contributed by atoms with Crippen LogP contribution in [0.2, 0.25) is 0 Å². The monoisotopic (exact) mass is 767 g/mol. The zero-order valence-corrected chi connectivity index (χ0v) is 29.5. The second-order valence-electron chi connectivity index (χ2n) is 11.9. The van der Waals surface area contributed by atoms with Crippen LogP contribution in [0.5, 0.6) is 11.5 Å². The topological polar surface area (TPSA) is 189 Å². The van der Waals surface area contributed by atoms with Crippen molar-refractivity contribution in [1.29, 1.82) is 0 Å². The maximum absolute atomic E-state index is 13.8. The molecule has 4 aromatic rings. The Hall–Kier alpha value is -6.25. The quantitative estimate of drug-likeness (QED) is 0.0711. The van der Waals surface area contributed by atoms with Crippen molar-refractivity contribution >= 4 is 29.7 Å². The van der Waals surface area contributed by atoms with Gasteiger partial charge in [0.25, 0.3) is 0 Å². The molecule has 6 rings (SSSR count). The molecule has 0 radical (unpaired) electrons. The van der Waals surface area contributed by atoms with Crippen LogP contribution in [-0.2, 0) is 49.5 Å².